The number of ether oxygens (including phenoxy) is 1. The average Bonchev–Trinajstić information content (AvgIpc) is 3.38. The normalized spacial score (nSPS) is 14.1. The fraction of sp³-hybridized carbons (Fsp3) is 0.368. The number of aromatic nitrogens is 2. The van der Waals surface area contributed by atoms with Gasteiger partial charge in [-0.3, -0.25) is 0 Å². The summed E-state index contributed by atoms with van der Waals surface area (Å²) in [5.74, 6) is 0.363. The van der Waals surface area contributed by atoms with Gasteiger partial charge in [0.2, 0.25) is 0 Å². The van der Waals surface area contributed by atoms with Crippen molar-refractivity contribution in [3.8, 4) is 5.75 Å². The molecule has 4 rings (SSSR count). The standard InChI is InChI=1S/C19H21FN4O3/c1-12-6-15(23-27-12)11-26-18-9-17-13(8-16(18)20)7-14(22-17)10-21-19(25)24-4-2-3-5-24/h6-9,22H,2-5,10-11H2,1H3,(H,21,25). The number of likely N-dealkylation sites (tertiary alicyclic amines) is 1. The lowest BCUT2D eigenvalue weighted by Gasteiger charge is -2.15. The molecule has 142 valence electrons. The first-order chi connectivity index (χ1) is 13.1. The SMILES string of the molecule is Cc1cc(COc2cc3[nH]c(CNC(=O)N4CCCC4)cc3cc2F)no1. The third kappa shape index (κ3) is 3.89. The summed E-state index contributed by atoms with van der Waals surface area (Å²) in [7, 11) is 0. The summed E-state index contributed by atoms with van der Waals surface area (Å²) in [6.45, 7) is 3.87. The molecule has 1 fully saturated rings. The lowest BCUT2D eigenvalue weighted by molar-refractivity contribution is 0.208. The van der Waals surface area contributed by atoms with Gasteiger partial charge >= 0.3 is 6.03 Å². The number of amides is 2. The molecule has 3 heterocycles. The molecule has 27 heavy (non-hydrogen) atoms. The van der Waals surface area contributed by atoms with Crippen LogP contribution in [0.25, 0.3) is 10.9 Å². The number of aryl methyl sites for hydroxylation is 1. The molecule has 1 aromatic carbocycles. The zero-order valence-corrected chi connectivity index (χ0v) is 15.0. The van der Waals surface area contributed by atoms with Gasteiger partial charge in [-0.15, -0.1) is 0 Å². The fourth-order valence-electron chi connectivity index (χ4n) is 3.24. The number of rotatable bonds is 5. The highest BCUT2D eigenvalue weighted by Crippen LogP contribution is 2.26. The summed E-state index contributed by atoms with van der Waals surface area (Å²) in [4.78, 5) is 17.1. The van der Waals surface area contributed by atoms with Crippen molar-refractivity contribution in [3.63, 3.8) is 0 Å². The van der Waals surface area contributed by atoms with Crippen LogP contribution in [0, 0.1) is 12.7 Å². The monoisotopic (exact) mass is 372 g/mol. The number of hydrogen-bond donors (Lipinski definition) is 2. The van der Waals surface area contributed by atoms with Crippen LogP contribution >= 0.6 is 0 Å². The first-order valence-corrected chi connectivity index (χ1v) is 8.97. The Kier molecular flexibility index (Phi) is 4.70. The molecular formula is C19H21FN4O3. The van der Waals surface area contributed by atoms with Crippen molar-refractivity contribution >= 4 is 16.9 Å². The number of urea groups is 1. The fourth-order valence-corrected chi connectivity index (χ4v) is 3.24. The molecule has 0 aliphatic carbocycles. The molecule has 7 nitrogen and oxygen atoms in total. The molecule has 1 aliphatic rings. The van der Waals surface area contributed by atoms with Gasteiger partial charge in [0.15, 0.2) is 11.6 Å². The smallest absolute Gasteiger partial charge is 0.317 e. The number of nitrogens with zero attached hydrogens (tertiary/aromatic N) is 2. The second kappa shape index (κ2) is 7.30. The van der Waals surface area contributed by atoms with E-state index in [1.165, 1.54) is 6.07 Å². The molecule has 2 N–H and O–H groups in total. The van der Waals surface area contributed by atoms with E-state index in [0.717, 1.165) is 42.5 Å². The highest BCUT2D eigenvalue weighted by atomic mass is 19.1. The summed E-state index contributed by atoms with van der Waals surface area (Å²) >= 11 is 0. The number of H-pyrrole nitrogens is 1. The number of aromatic amines is 1. The van der Waals surface area contributed by atoms with Crippen LogP contribution < -0.4 is 10.1 Å². The summed E-state index contributed by atoms with van der Waals surface area (Å²) in [5.41, 5.74) is 2.15. The van der Waals surface area contributed by atoms with Crippen LogP contribution in [0.4, 0.5) is 9.18 Å². The molecule has 2 amide bonds. The number of hydrogen-bond acceptors (Lipinski definition) is 4. The number of nitrogens with one attached hydrogen (secondary N) is 2. The largest absolute Gasteiger partial charge is 0.484 e. The van der Waals surface area contributed by atoms with Gasteiger partial charge in [-0.25, -0.2) is 9.18 Å². The van der Waals surface area contributed by atoms with Gasteiger partial charge in [0, 0.05) is 41.8 Å². The quantitative estimate of drug-likeness (QED) is 0.718. The zero-order valence-electron chi connectivity index (χ0n) is 15.0. The highest BCUT2D eigenvalue weighted by molar-refractivity contribution is 5.82. The molecule has 0 spiro atoms. The number of carbonyl (C=O) groups excluding carboxylic acids is 1. The van der Waals surface area contributed by atoms with Crippen molar-refractivity contribution in [2.75, 3.05) is 13.1 Å². The molecular weight excluding hydrogens is 351 g/mol. The van der Waals surface area contributed by atoms with Gasteiger partial charge in [-0.05, 0) is 31.9 Å². The maximum absolute atomic E-state index is 14.3. The van der Waals surface area contributed by atoms with Gasteiger partial charge in [0.05, 0.1) is 6.54 Å². The maximum atomic E-state index is 14.3. The molecule has 1 aliphatic heterocycles. The first kappa shape index (κ1) is 17.4. The van der Waals surface area contributed by atoms with Crippen molar-refractivity contribution in [1.29, 1.82) is 0 Å². The molecule has 0 saturated carbocycles. The number of carbonyl (C=O) groups is 1. The van der Waals surface area contributed by atoms with Gasteiger partial charge in [-0.1, -0.05) is 5.16 Å². The lowest BCUT2D eigenvalue weighted by atomic mass is 10.2. The Morgan fingerprint density at radius 2 is 2.15 bits per heavy atom. The van der Waals surface area contributed by atoms with Crippen molar-refractivity contribution in [2.24, 2.45) is 0 Å². The minimum absolute atomic E-state index is 0.0655. The summed E-state index contributed by atoms with van der Waals surface area (Å²) in [6.07, 6.45) is 2.10. The third-order valence-corrected chi connectivity index (χ3v) is 4.60. The predicted octanol–water partition coefficient (Wildman–Crippen LogP) is 3.49. The van der Waals surface area contributed by atoms with E-state index in [-0.39, 0.29) is 18.4 Å². The van der Waals surface area contributed by atoms with Crippen LogP contribution in [-0.2, 0) is 13.2 Å². The number of fused-ring (bicyclic) bond motifs is 1. The van der Waals surface area contributed by atoms with E-state index in [0.29, 0.717) is 18.0 Å². The second-order valence-electron chi connectivity index (χ2n) is 6.73. The Hall–Kier alpha value is -3.03. The van der Waals surface area contributed by atoms with E-state index in [9.17, 15) is 9.18 Å². The second-order valence-corrected chi connectivity index (χ2v) is 6.73. The summed E-state index contributed by atoms with van der Waals surface area (Å²) in [5, 5.41) is 7.44. The predicted molar refractivity (Wildman–Crippen MR) is 96.9 cm³/mol. The Morgan fingerprint density at radius 1 is 1.33 bits per heavy atom. The number of benzene rings is 1. The van der Waals surface area contributed by atoms with Crippen molar-refractivity contribution in [1.82, 2.24) is 20.4 Å². The van der Waals surface area contributed by atoms with Gasteiger partial charge in [0.25, 0.3) is 0 Å². The van der Waals surface area contributed by atoms with Crippen LogP contribution in [-0.4, -0.2) is 34.2 Å². The Balaban J connectivity index is 1.43. The van der Waals surface area contributed by atoms with Crippen molar-refractivity contribution in [2.45, 2.75) is 32.9 Å². The van der Waals surface area contributed by atoms with E-state index in [1.807, 2.05) is 6.07 Å². The van der Waals surface area contributed by atoms with Gasteiger partial charge in [0.1, 0.15) is 18.1 Å². The van der Waals surface area contributed by atoms with E-state index in [1.54, 1.807) is 24.0 Å². The van der Waals surface area contributed by atoms with Crippen molar-refractivity contribution < 1.29 is 18.4 Å². The summed E-state index contributed by atoms with van der Waals surface area (Å²) < 4.78 is 24.8. The summed E-state index contributed by atoms with van der Waals surface area (Å²) in [6, 6.07) is 6.54. The van der Waals surface area contributed by atoms with E-state index in [4.69, 9.17) is 9.26 Å². The topological polar surface area (TPSA) is 83.4 Å². The molecule has 0 atom stereocenters. The minimum atomic E-state index is -0.450. The molecule has 0 unspecified atom stereocenters. The number of halogens is 1. The zero-order chi connectivity index (χ0) is 18.8. The molecule has 2 aromatic heterocycles. The molecule has 0 radical (unpaired) electrons. The van der Waals surface area contributed by atoms with E-state index >= 15 is 0 Å². The molecule has 3 aromatic rings. The third-order valence-electron chi connectivity index (χ3n) is 4.60. The molecule has 8 heteroatoms. The van der Waals surface area contributed by atoms with Gasteiger partial charge in [-0.2, -0.15) is 0 Å². The van der Waals surface area contributed by atoms with Crippen LogP contribution in [0.3, 0.4) is 0 Å². The first-order valence-electron chi connectivity index (χ1n) is 8.97. The highest BCUT2D eigenvalue weighted by Gasteiger charge is 2.17. The molecule has 0 bridgehead atoms. The Bertz CT molecular complexity index is 959. The van der Waals surface area contributed by atoms with Gasteiger partial charge < -0.3 is 24.5 Å². The van der Waals surface area contributed by atoms with Crippen molar-refractivity contribution in [3.05, 3.63) is 47.2 Å². The lowest BCUT2D eigenvalue weighted by Crippen LogP contribution is -2.37. The minimum Gasteiger partial charge on any atom is -0.484 e. The van der Waals surface area contributed by atoms with Crippen LogP contribution in [0.15, 0.2) is 28.8 Å². The van der Waals surface area contributed by atoms with Crippen LogP contribution in [0.1, 0.15) is 30.0 Å². The van der Waals surface area contributed by atoms with Crippen LogP contribution in [0.2, 0.25) is 0 Å². The maximum Gasteiger partial charge on any atom is 0.317 e. The Morgan fingerprint density at radius 3 is 2.89 bits per heavy atom. The molecule has 1 saturated heterocycles. The average molecular weight is 372 g/mol. The Labute approximate surface area is 155 Å². The van der Waals surface area contributed by atoms with E-state index in [2.05, 4.69) is 15.5 Å². The van der Waals surface area contributed by atoms with E-state index < -0.39 is 5.82 Å². The van der Waals surface area contributed by atoms with Crippen LogP contribution in [0.5, 0.6) is 5.75 Å².